The summed E-state index contributed by atoms with van der Waals surface area (Å²) in [6.45, 7) is 4.13. The van der Waals surface area contributed by atoms with Crippen LogP contribution in [0.5, 0.6) is 5.88 Å². The molecule has 0 bridgehead atoms. The number of benzene rings is 2. The first-order valence-corrected chi connectivity index (χ1v) is 12.5. The van der Waals surface area contributed by atoms with Gasteiger partial charge in [0.05, 0.1) is 17.9 Å². The average Bonchev–Trinajstić information content (AvgIpc) is 3.37. The van der Waals surface area contributed by atoms with Crippen LogP contribution in [0, 0.1) is 0 Å². The zero-order valence-corrected chi connectivity index (χ0v) is 20.9. The van der Waals surface area contributed by atoms with E-state index in [4.69, 9.17) is 0 Å². The molecular formula is C30H28N4O3. The number of pyridine rings is 1. The summed E-state index contributed by atoms with van der Waals surface area (Å²) in [5.74, 6) is -1.33. The number of amides is 2. The van der Waals surface area contributed by atoms with Crippen LogP contribution in [0.2, 0.25) is 0 Å². The molecule has 7 nitrogen and oxygen atoms in total. The SMILES string of the molecule is CCCc1nn(-c2ccccc2)c([O-])c1C1=C([n+]2cccc(CC)c2)C(=O)N(Cc2ccccc2)C1=O. The second-order valence-electron chi connectivity index (χ2n) is 9.00. The van der Waals surface area contributed by atoms with Gasteiger partial charge in [0.2, 0.25) is 0 Å². The fourth-order valence-electron chi connectivity index (χ4n) is 4.66. The van der Waals surface area contributed by atoms with Gasteiger partial charge in [-0.25, -0.2) is 4.68 Å². The molecule has 0 unspecified atom stereocenters. The van der Waals surface area contributed by atoms with E-state index in [-0.39, 0.29) is 23.4 Å². The van der Waals surface area contributed by atoms with E-state index in [0.29, 0.717) is 17.8 Å². The molecule has 0 N–H and O–H groups in total. The highest BCUT2D eigenvalue weighted by Gasteiger charge is 2.46. The molecule has 0 saturated heterocycles. The van der Waals surface area contributed by atoms with E-state index in [2.05, 4.69) is 5.10 Å². The topological polar surface area (TPSA) is 82.1 Å². The first-order chi connectivity index (χ1) is 18.0. The van der Waals surface area contributed by atoms with Crippen LogP contribution in [0.15, 0.2) is 85.2 Å². The monoisotopic (exact) mass is 492 g/mol. The van der Waals surface area contributed by atoms with Gasteiger partial charge in [0.1, 0.15) is 5.57 Å². The van der Waals surface area contributed by atoms with Gasteiger partial charge < -0.3 is 5.11 Å². The number of imide groups is 1. The number of aryl methyl sites for hydroxylation is 2. The van der Waals surface area contributed by atoms with Crippen molar-refractivity contribution < 1.29 is 19.3 Å². The number of nitrogens with zero attached hydrogens (tertiary/aromatic N) is 4. The van der Waals surface area contributed by atoms with Gasteiger partial charge in [-0.05, 0) is 42.5 Å². The maximum atomic E-state index is 14.0. The van der Waals surface area contributed by atoms with Crippen LogP contribution in [-0.2, 0) is 29.0 Å². The molecule has 0 radical (unpaired) electrons. The van der Waals surface area contributed by atoms with Gasteiger partial charge in [-0.3, -0.25) is 14.5 Å². The molecule has 4 aromatic rings. The molecule has 7 heteroatoms. The highest BCUT2D eigenvalue weighted by Crippen LogP contribution is 2.37. The highest BCUT2D eigenvalue weighted by molar-refractivity contribution is 6.44. The summed E-state index contributed by atoms with van der Waals surface area (Å²) in [6, 6.07) is 22.3. The molecule has 2 aromatic carbocycles. The number of hydrogen-bond donors (Lipinski definition) is 0. The summed E-state index contributed by atoms with van der Waals surface area (Å²) in [6.07, 6.45) is 5.59. The van der Waals surface area contributed by atoms with E-state index < -0.39 is 17.7 Å². The van der Waals surface area contributed by atoms with E-state index >= 15 is 0 Å². The number of aromatic nitrogens is 3. The van der Waals surface area contributed by atoms with E-state index in [1.54, 1.807) is 22.9 Å². The first-order valence-electron chi connectivity index (χ1n) is 12.5. The Morgan fingerprint density at radius 1 is 0.865 bits per heavy atom. The zero-order chi connectivity index (χ0) is 25.9. The number of rotatable bonds is 8. The minimum Gasteiger partial charge on any atom is -0.858 e. The molecule has 2 amide bonds. The van der Waals surface area contributed by atoms with E-state index in [1.165, 1.54) is 9.58 Å². The summed E-state index contributed by atoms with van der Waals surface area (Å²) in [7, 11) is 0. The molecule has 1 aliphatic rings. The maximum absolute atomic E-state index is 14.0. The summed E-state index contributed by atoms with van der Waals surface area (Å²) in [5, 5.41) is 18.5. The van der Waals surface area contributed by atoms with Crippen LogP contribution in [0.3, 0.4) is 0 Å². The minimum absolute atomic E-state index is 0.106. The van der Waals surface area contributed by atoms with Crippen molar-refractivity contribution in [1.82, 2.24) is 14.7 Å². The lowest BCUT2D eigenvalue weighted by atomic mass is 10.0. The first kappa shape index (κ1) is 24.2. The molecule has 5 rings (SSSR count). The summed E-state index contributed by atoms with van der Waals surface area (Å²) < 4.78 is 3.00. The Bertz CT molecular complexity index is 1490. The fourth-order valence-corrected chi connectivity index (χ4v) is 4.66. The van der Waals surface area contributed by atoms with E-state index in [0.717, 1.165) is 24.0 Å². The lowest BCUT2D eigenvalue weighted by molar-refractivity contribution is -0.577. The van der Waals surface area contributed by atoms with Crippen LogP contribution < -0.4 is 9.67 Å². The predicted octanol–water partition coefficient (Wildman–Crippen LogP) is 3.69. The smallest absolute Gasteiger partial charge is 0.327 e. The largest absolute Gasteiger partial charge is 0.858 e. The summed E-state index contributed by atoms with van der Waals surface area (Å²) >= 11 is 0. The summed E-state index contributed by atoms with van der Waals surface area (Å²) in [5.41, 5.74) is 3.44. The molecule has 3 heterocycles. The van der Waals surface area contributed by atoms with Crippen molar-refractivity contribution in [3.05, 3.63) is 108 Å². The third-order valence-corrected chi connectivity index (χ3v) is 6.51. The van der Waals surface area contributed by atoms with Crippen LogP contribution >= 0.6 is 0 Å². The lowest BCUT2D eigenvalue weighted by Gasteiger charge is -2.15. The Morgan fingerprint density at radius 2 is 1.54 bits per heavy atom. The van der Waals surface area contributed by atoms with Crippen LogP contribution in [0.4, 0.5) is 0 Å². The van der Waals surface area contributed by atoms with E-state index in [1.807, 2.05) is 80.7 Å². The molecule has 0 atom stereocenters. The molecule has 0 saturated carbocycles. The third kappa shape index (κ3) is 4.44. The second-order valence-corrected chi connectivity index (χ2v) is 9.00. The molecule has 0 aliphatic carbocycles. The Balaban J connectivity index is 1.73. The van der Waals surface area contributed by atoms with Crippen molar-refractivity contribution in [2.45, 2.75) is 39.7 Å². The van der Waals surface area contributed by atoms with Crippen LogP contribution in [-0.4, -0.2) is 26.5 Å². The number of carbonyl (C=O) groups is 2. The molecular weight excluding hydrogens is 464 g/mol. The number of para-hydroxylation sites is 1. The van der Waals surface area contributed by atoms with Crippen LogP contribution in [0.25, 0.3) is 17.0 Å². The van der Waals surface area contributed by atoms with Crippen molar-refractivity contribution in [1.29, 1.82) is 0 Å². The average molecular weight is 493 g/mol. The number of carbonyl (C=O) groups excluding carboxylic acids is 2. The molecule has 0 spiro atoms. The normalized spacial score (nSPS) is 13.6. The van der Waals surface area contributed by atoms with Gasteiger partial charge in [-0.1, -0.05) is 68.8 Å². The Hall–Kier alpha value is -4.52. The standard InChI is InChI=1S/C30H28N4O3/c1-3-12-24-25(29(36)34(31-24)23-16-9-6-10-17-23)26-27(32-18-11-15-21(4-2)19-32)30(37)33(28(26)35)20-22-13-7-5-8-14-22/h5-11,13-19H,3-4,12,20H2,1-2H3. The van der Waals surface area contributed by atoms with Gasteiger partial charge >= 0.3 is 5.91 Å². The second kappa shape index (κ2) is 10.2. The predicted molar refractivity (Wildman–Crippen MR) is 138 cm³/mol. The van der Waals surface area contributed by atoms with Gasteiger partial charge in [-0.15, -0.1) is 0 Å². The quantitative estimate of drug-likeness (QED) is 0.278. The molecule has 186 valence electrons. The Labute approximate surface area is 215 Å². The van der Waals surface area contributed by atoms with Gasteiger partial charge in [0.15, 0.2) is 12.4 Å². The Morgan fingerprint density at radius 3 is 2.22 bits per heavy atom. The highest BCUT2D eigenvalue weighted by atomic mass is 16.3. The van der Waals surface area contributed by atoms with Gasteiger partial charge in [0.25, 0.3) is 11.6 Å². The third-order valence-electron chi connectivity index (χ3n) is 6.51. The van der Waals surface area contributed by atoms with Gasteiger partial charge in [-0.2, -0.15) is 9.67 Å². The molecule has 1 aliphatic heterocycles. The van der Waals surface area contributed by atoms with Crippen molar-refractivity contribution in [3.8, 4) is 11.6 Å². The summed E-state index contributed by atoms with van der Waals surface area (Å²) in [4.78, 5) is 29.1. The van der Waals surface area contributed by atoms with Gasteiger partial charge in [0, 0.05) is 17.2 Å². The van der Waals surface area contributed by atoms with Crippen molar-refractivity contribution in [2.75, 3.05) is 0 Å². The van der Waals surface area contributed by atoms with Crippen molar-refractivity contribution in [3.63, 3.8) is 0 Å². The van der Waals surface area contributed by atoms with E-state index in [9.17, 15) is 14.7 Å². The minimum atomic E-state index is -0.486. The van der Waals surface area contributed by atoms with Crippen LogP contribution in [0.1, 0.15) is 42.7 Å². The molecule has 0 fully saturated rings. The lowest BCUT2D eigenvalue weighted by Crippen LogP contribution is -2.39. The Kier molecular flexibility index (Phi) is 6.68. The molecule has 37 heavy (non-hydrogen) atoms. The van der Waals surface area contributed by atoms with Crippen molar-refractivity contribution >= 4 is 23.1 Å². The maximum Gasteiger partial charge on any atom is 0.327 e. The zero-order valence-electron chi connectivity index (χ0n) is 20.9. The number of hydrogen-bond acceptors (Lipinski definition) is 4. The molecule has 2 aromatic heterocycles. The fraction of sp³-hybridized carbons (Fsp3) is 0.200. The van der Waals surface area contributed by atoms with Crippen molar-refractivity contribution in [2.24, 2.45) is 0 Å².